The van der Waals surface area contributed by atoms with Crippen LogP contribution in [0, 0.1) is 0 Å². The van der Waals surface area contributed by atoms with Gasteiger partial charge in [-0.25, -0.2) is 0 Å². The van der Waals surface area contributed by atoms with Gasteiger partial charge >= 0.3 is 0 Å². The molecular weight excluding hydrogens is 274 g/mol. The second-order valence-electron chi connectivity index (χ2n) is 6.25. The van der Waals surface area contributed by atoms with Crippen LogP contribution in [0.4, 0.5) is 0 Å². The van der Waals surface area contributed by atoms with Crippen molar-refractivity contribution in [2.75, 3.05) is 0 Å². The summed E-state index contributed by atoms with van der Waals surface area (Å²) in [6.07, 6.45) is 18.2. The molecule has 3 nitrogen and oxygen atoms in total. The van der Waals surface area contributed by atoms with E-state index in [9.17, 15) is 9.59 Å². The Morgan fingerprint density at radius 3 is 1.82 bits per heavy atom. The molecule has 1 aliphatic rings. The summed E-state index contributed by atoms with van der Waals surface area (Å²) in [5.74, 6) is -1.04. The molecule has 2 N–H and O–H groups in total. The normalized spacial score (nSPS) is 15.0. The number of Topliss-reactive ketones (excluding diaryl/α,β-unsaturated/α-hetero) is 1. The molecule has 0 saturated carbocycles. The molecule has 0 fully saturated rings. The number of hydrogen-bond acceptors (Lipinski definition) is 3. The zero-order chi connectivity index (χ0) is 16.2. The first-order chi connectivity index (χ1) is 10.7. The van der Waals surface area contributed by atoms with Gasteiger partial charge < -0.3 is 5.73 Å². The van der Waals surface area contributed by atoms with Gasteiger partial charge in [-0.05, 0) is 24.5 Å². The lowest BCUT2D eigenvalue weighted by Crippen LogP contribution is -2.24. The molecule has 0 bridgehead atoms. The van der Waals surface area contributed by atoms with Crippen molar-refractivity contribution in [2.24, 2.45) is 5.73 Å². The van der Waals surface area contributed by atoms with Gasteiger partial charge in [0.1, 0.15) is 0 Å². The molecule has 0 heterocycles. The highest BCUT2D eigenvalue weighted by molar-refractivity contribution is 6.48. The number of unbranched alkanes of at least 4 members (excludes halogenated alkanes) is 10. The van der Waals surface area contributed by atoms with Crippen LogP contribution in [0.1, 0.15) is 84.0 Å². The first-order valence-corrected chi connectivity index (χ1v) is 8.92. The Balaban J connectivity index is 1.99. The van der Waals surface area contributed by atoms with E-state index in [1.165, 1.54) is 70.3 Å². The summed E-state index contributed by atoms with van der Waals surface area (Å²) in [6, 6.07) is 0. The van der Waals surface area contributed by atoms with Gasteiger partial charge in [0.25, 0.3) is 0 Å². The SMILES string of the molecule is CCCCCCCCCCCCCC1=C(N)C(=O)C(=O)C=C1. The average molecular weight is 305 g/mol. The minimum Gasteiger partial charge on any atom is -0.395 e. The Hall–Kier alpha value is -1.38. The molecule has 0 unspecified atom stereocenters. The minimum absolute atomic E-state index is 0.152. The minimum atomic E-state index is -0.541. The third-order valence-corrected chi connectivity index (χ3v) is 4.30. The third-order valence-electron chi connectivity index (χ3n) is 4.30. The monoisotopic (exact) mass is 305 g/mol. The summed E-state index contributed by atoms with van der Waals surface area (Å²) in [6.45, 7) is 2.25. The quantitative estimate of drug-likeness (QED) is 0.325. The van der Waals surface area contributed by atoms with Gasteiger partial charge in [0.15, 0.2) is 0 Å². The second-order valence-corrected chi connectivity index (χ2v) is 6.25. The van der Waals surface area contributed by atoms with Crippen LogP contribution in [0.3, 0.4) is 0 Å². The molecule has 0 atom stereocenters. The molecular formula is C19H31NO2. The first-order valence-electron chi connectivity index (χ1n) is 8.92. The lowest BCUT2D eigenvalue weighted by Gasteiger charge is -2.10. The van der Waals surface area contributed by atoms with E-state index in [1.54, 1.807) is 6.08 Å². The van der Waals surface area contributed by atoms with Gasteiger partial charge in [-0.1, -0.05) is 77.2 Å². The fourth-order valence-electron chi connectivity index (χ4n) is 2.82. The highest BCUT2D eigenvalue weighted by atomic mass is 16.2. The molecule has 0 saturated heterocycles. The highest BCUT2D eigenvalue weighted by Crippen LogP contribution is 2.18. The summed E-state index contributed by atoms with van der Waals surface area (Å²) >= 11 is 0. The molecule has 1 rings (SSSR count). The number of nitrogens with two attached hydrogens (primary N) is 1. The van der Waals surface area contributed by atoms with Crippen molar-refractivity contribution >= 4 is 11.6 Å². The van der Waals surface area contributed by atoms with Gasteiger partial charge in [-0.15, -0.1) is 0 Å². The molecule has 22 heavy (non-hydrogen) atoms. The summed E-state index contributed by atoms with van der Waals surface area (Å²) in [5, 5.41) is 0. The van der Waals surface area contributed by atoms with Gasteiger partial charge in [-0.3, -0.25) is 9.59 Å². The van der Waals surface area contributed by atoms with Crippen LogP contribution >= 0.6 is 0 Å². The van der Waals surface area contributed by atoms with Gasteiger partial charge in [0.2, 0.25) is 11.6 Å². The Kier molecular flexibility index (Phi) is 9.52. The van der Waals surface area contributed by atoms with Crippen molar-refractivity contribution in [3.05, 3.63) is 23.4 Å². The van der Waals surface area contributed by atoms with Crippen LogP contribution in [0.2, 0.25) is 0 Å². The van der Waals surface area contributed by atoms with E-state index in [-0.39, 0.29) is 5.70 Å². The number of allylic oxidation sites excluding steroid dienone is 4. The molecule has 0 aliphatic heterocycles. The van der Waals surface area contributed by atoms with Gasteiger partial charge in [-0.2, -0.15) is 0 Å². The van der Waals surface area contributed by atoms with E-state index in [4.69, 9.17) is 5.73 Å². The maximum atomic E-state index is 11.5. The first kappa shape index (κ1) is 18.7. The molecule has 3 heteroatoms. The molecule has 1 aliphatic carbocycles. The standard InChI is InChI=1S/C19H31NO2/c1-2-3-4-5-6-7-8-9-10-11-12-13-16-14-15-17(21)19(22)18(16)20/h14-15H,2-13,20H2,1H3. The maximum Gasteiger partial charge on any atom is 0.248 e. The van der Waals surface area contributed by atoms with E-state index in [1.807, 2.05) is 0 Å². The third kappa shape index (κ3) is 7.06. The van der Waals surface area contributed by atoms with Crippen molar-refractivity contribution in [1.82, 2.24) is 0 Å². The lowest BCUT2D eigenvalue weighted by molar-refractivity contribution is -0.131. The Bertz CT molecular complexity index is 421. The maximum absolute atomic E-state index is 11.5. The average Bonchev–Trinajstić information content (AvgIpc) is 2.52. The summed E-state index contributed by atoms with van der Waals surface area (Å²) in [4.78, 5) is 22.6. The molecule has 0 spiro atoms. The topological polar surface area (TPSA) is 60.2 Å². The predicted octanol–water partition coefficient (Wildman–Crippen LogP) is 4.61. The van der Waals surface area contributed by atoms with Crippen molar-refractivity contribution in [3.8, 4) is 0 Å². The number of hydrogen-bond donors (Lipinski definition) is 1. The molecule has 124 valence electrons. The smallest absolute Gasteiger partial charge is 0.248 e. The molecule has 0 aromatic carbocycles. The summed E-state index contributed by atoms with van der Waals surface area (Å²) in [7, 11) is 0. The van der Waals surface area contributed by atoms with E-state index < -0.39 is 11.6 Å². The molecule has 0 aromatic rings. The van der Waals surface area contributed by atoms with Crippen LogP contribution in [0.5, 0.6) is 0 Å². The Labute approximate surface area is 135 Å². The van der Waals surface area contributed by atoms with Crippen LogP contribution in [-0.2, 0) is 9.59 Å². The molecule has 0 radical (unpaired) electrons. The summed E-state index contributed by atoms with van der Waals surface area (Å²) in [5.41, 5.74) is 6.69. The Morgan fingerprint density at radius 2 is 1.27 bits per heavy atom. The fraction of sp³-hybridized carbons (Fsp3) is 0.684. The lowest BCUT2D eigenvalue weighted by atomic mass is 9.96. The highest BCUT2D eigenvalue weighted by Gasteiger charge is 2.20. The van der Waals surface area contributed by atoms with Crippen LogP contribution in [0.15, 0.2) is 23.4 Å². The fourth-order valence-corrected chi connectivity index (χ4v) is 2.82. The number of rotatable bonds is 12. The largest absolute Gasteiger partial charge is 0.395 e. The van der Waals surface area contributed by atoms with E-state index in [0.717, 1.165) is 18.4 Å². The van der Waals surface area contributed by atoms with Crippen molar-refractivity contribution in [1.29, 1.82) is 0 Å². The summed E-state index contributed by atoms with van der Waals surface area (Å²) < 4.78 is 0. The van der Waals surface area contributed by atoms with Crippen LogP contribution < -0.4 is 5.73 Å². The number of ketones is 2. The molecule has 0 aromatic heterocycles. The van der Waals surface area contributed by atoms with E-state index in [0.29, 0.717) is 0 Å². The second kappa shape index (κ2) is 11.2. The van der Waals surface area contributed by atoms with Gasteiger partial charge in [0, 0.05) is 0 Å². The zero-order valence-electron chi connectivity index (χ0n) is 14.0. The van der Waals surface area contributed by atoms with Crippen molar-refractivity contribution < 1.29 is 9.59 Å². The Morgan fingerprint density at radius 1 is 0.773 bits per heavy atom. The van der Waals surface area contributed by atoms with Crippen molar-refractivity contribution in [3.63, 3.8) is 0 Å². The van der Waals surface area contributed by atoms with Crippen LogP contribution in [0.25, 0.3) is 0 Å². The van der Waals surface area contributed by atoms with Gasteiger partial charge in [0.05, 0.1) is 5.70 Å². The van der Waals surface area contributed by atoms with Crippen LogP contribution in [-0.4, -0.2) is 11.6 Å². The van der Waals surface area contributed by atoms with E-state index >= 15 is 0 Å². The van der Waals surface area contributed by atoms with Crippen molar-refractivity contribution in [2.45, 2.75) is 84.0 Å². The number of carbonyl (C=O) groups excluding carboxylic acids is 2. The zero-order valence-corrected chi connectivity index (χ0v) is 14.0. The van der Waals surface area contributed by atoms with E-state index in [2.05, 4.69) is 6.92 Å². The predicted molar refractivity (Wildman–Crippen MR) is 91.4 cm³/mol. The number of carbonyl (C=O) groups is 2. The molecule has 0 amide bonds.